The van der Waals surface area contributed by atoms with Gasteiger partial charge in [-0.2, -0.15) is 0 Å². The van der Waals surface area contributed by atoms with E-state index in [2.05, 4.69) is 0 Å². The number of nitrogens with zero attached hydrogens (tertiary/aromatic N) is 1. The van der Waals surface area contributed by atoms with Gasteiger partial charge in [0, 0.05) is 0 Å². The van der Waals surface area contributed by atoms with Crippen molar-refractivity contribution in [2.24, 2.45) is 0 Å². The van der Waals surface area contributed by atoms with E-state index in [9.17, 15) is 9.59 Å². The lowest BCUT2D eigenvalue weighted by Crippen LogP contribution is -2.33. The molecule has 0 aromatic carbocycles. The van der Waals surface area contributed by atoms with Crippen LogP contribution in [0.15, 0.2) is 11.4 Å². The Balaban J connectivity index is 2.23. The lowest BCUT2D eigenvalue weighted by Gasteiger charge is -2.24. The topological polar surface area (TPSA) is 46.6 Å². The van der Waals surface area contributed by atoms with Crippen LogP contribution in [0.1, 0.15) is 31.2 Å². The molecule has 1 amide bonds. The van der Waals surface area contributed by atoms with Gasteiger partial charge in [0.05, 0.1) is 11.4 Å². The molecule has 0 N–H and O–H groups in total. The molecular weight excluding hydrogens is 238 g/mol. The van der Waals surface area contributed by atoms with Crippen LogP contribution in [-0.4, -0.2) is 22.5 Å². The monoisotopic (exact) mass is 251 g/mol. The second kappa shape index (κ2) is 4.02. The molecule has 1 aromatic rings. The zero-order valence-electron chi connectivity index (χ0n) is 9.94. The summed E-state index contributed by atoms with van der Waals surface area (Å²) >= 11 is 1.43. The molecule has 4 nitrogen and oxygen atoms in total. The normalized spacial score (nSPS) is 14.5. The summed E-state index contributed by atoms with van der Waals surface area (Å²) in [5.74, 6) is 1.83. The van der Waals surface area contributed by atoms with Crippen LogP contribution in [-0.2, 0) is 16.1 Å². The van der Waals surface area contributed by atoms with Gasteiger partial charge in [-0.05, 0) is 37.8 Å². The Morgan fingerprint density at radius 1 is 1.53 bits per heavy atom. The average Bonchev–Trinajstić information content (AvgIpc) is 2.72. The van der Waals surface area contributed by atoms with Crippen molar-refractivity contribution in [2.75, 3.05) is 0 Å². The van der Waals surface area contributed by atoms with Gasteiger partial charge in [-0.15, -0.1) is 11.3 Å². The number of ether oxygens (including phenoxy) is 1. The van der Waals surface area contributed by atoms with E-state index in [1.807, 2.05) is 17.4 Å². The molecule has 0 aliphatic carbocycles. The van der Waals surface area contributed by atoms with Gasteiger partial charge in [-0.25, -0.2) is 9.59 Å². The van der Waals surface area contributed by atoms with Crippen molar-refractivity contribution in [3.05, 3.63) is 21.9 Å². The average molecular weight is 251 g/mol. The summed E-state index contributed by atoms with van der Waals surface area (Å²) in [5, 5.41) is 1.90. The van der Waals surface area contributed by atoms with Gasteiger partial charge < -0.3 is 4.74 Å². The molecule has 0 fully saturated rings. The van der Waals surface area contributed by atoms with Crippen LogP contribution in [0.5, 0.6) is 0 Å². The van der Waals surface area contributed by atoms with Crippen molar-refractivity contribution in [1.82, 2.24) is 4.90 Å². The molecule has 0 spiro atoms. The molecule has 0 radical (unpaired) electrons. The smallest absolute Gasteiger partial charge is 0.415 e. The van der Waals surface area contributed by atoms with E-state index in [0.29, 0.717) is 6.54 Å². The SMILES string of the molecule is CC(C)(C)OC(=O)N1Cc2ccsc2C1=C=O. The largest absolute Gasteiger partial charge is 0.443 e. The summed E-state index contributed by atoms with van der Waals surface area (Å²) < 4.78 is 5.25. The number of fused-ring (bicyclic) bond motifs is 1. The molecule has 5 heteroatoms. The maximum absolute atomic E-state index is 11.9. The molecule has 0 atom stereocenters. The Labute approximate surface area is 103 Å². The van der Waals surface area contributed by atoms with Crippen molar-refractivity contribution < 1.29 is 14.3 Å². The summed E-state index contributed by atoms with van der Waals surface area (Å²) in [7, 11) is 0. The molecule has 1 aromatic heterocycles. The molecule has 90 valence electrons. The summed E-state index contributed by atoms with van der Waals surface area (Å²) in [6.45, 7) is 5.77. The highest BCUT2D eigenvalue weighted by Gasteiger charge is 2.33. The van der Waals surface area contributed by atoms with Crippen molar-refractivity contribution in [3.63, 3.8) is 0 Å². The highest BCUT2D eigenvalue weighted by molar-refractivity contribution is 7.11. The highest BCUT2D eigenvalue weighted by Crippen LogP contribution is 2.35. The molecule has 1 aliphatic rings. The standard InChI is InChI=1S/C12H13NO3S/c1-12(2,3)16-11(15)13-6-8-4-5-17-10(8)9(13)7-14/h4-5H,6H2,1-3H3. The van der Waals surface area contributed by atoms with E-state index < -0.39 is 11.7 Å². The number of hydrogen-bond acceptors (Lipinski definition) is 4. The summed E-state index contributed by atoms with van der Waals surface area (Å²) in [4.78, 5) is 25.0. The molecule has 2 heterocycles. The van der Waals surface area contributed by atoms with E-state index in [1.54, 1.807) is 20.8 Å². The Bertz CT molecular complexity index is 506. The first-order valence-electron chi connectivity index (χ1n) is 5.25. The van der Waals surface area contributed by atoms with Crippen molar-refractivity contribution in [1.29, 1.82) is 0 Å². The maximum atomic E-state index is 11.9. The van der Waals surface area contributed by atoms with Crippen LogP contribution in [0, 0.1) is 0 Å². The van der Waals surface area contributed by atoms with E-state index in [1.165, 1.54) is 16.2 Å². The lowest BCUT2D eigenvalue weighted by molar-refractivity contribution is 0.0353. The third-order valence-corrected chi connectivity index (χ3v) is 3.23. The minimum atomic E-state index is -0.568. The highest BCUT2D eigenvalue weighted by atomic mass is 32.1. The van der Waals surface area contributed by atoms with Gasteiger partial charge in [0.25, 0.3) is 0 Å². The summed E-state index contributed by atoms with van der Waals surface area (Å²) in [6, 6.07) is 1.90. The second-order valence-corrected chi connectivity index (χ2v) is 5.71. The zero-order chi connectivity index (χ0) is 12.6. The molecule has 0 saturated carbocycles. The summed E-state index contributed by atoms with van der Waals surface area (Å²) in [5.41, 5.74) is 0.685. The van der Waals surface area contributed by atoms with Crippen molar-refractivity contribution >= 4 is 29.1 Å². The second-order valence-electron chi connectivity index (χ2n) is 4.79. The van der Waals surface area contributed by atoms with E-state index in [-0.39, 0.29) is 5.70 Å². The summed E-state index contributed by atoms with van der Waals surface area (Å²) in [6.07, 6.45) is -0.501. The Morgan fingerprint density at radius 3 is 2.82 bits per heavy atom. The Hall–Kier alpha value is -1.58. The van der Waals surface area contributed by atoms with E-state index >= 15 is 0 Å². The Kier molecular flexibility index (Phi) is 2.81. The number of rotatable bonds is 0. The van der Waals surface area contributed by atoms with Crippen LogP contribution in [0.4, 0.5) is 4.79 Å². The number of thiophene rings is 1. The minimum absolute atomic E-state index is 0.282. The fourth-order valence-corrected chi connectivity index (χ4v) is 2.53. The van der Waals surface area contributed by atoms with Crippen LogP contribution < -0.4 is 0 Å². The third-order valence-electron chi connectivity index (χ3n) is 2.27. The zero-order valence-corrected chi connectivity index (χ0v) is 10.8. The maximum Gasteiger partial charge on any atom is 0.415 e. The van der Waals surface area contributed by atoms with Crippen LogP contribution in [0.2, 0.25) is 0 Å². The number of carbonyl (C=O) groups is 1. The molecular formula is C12H13NO3S. The molecule has 0 bridgehead atoms. The van der Waals surface area contributed by atoms with E-state index in [4.69, 9.17) is 4.74 Å². The lowest BCUT2D eigenvalue weighted by atomic mass is 10.2. The quantitative estimate of drug-likeness (QED) is 0.666. The van der Waals surface area contributed by atoms with Crippen LogP contribution in [0.3, 0.4) is 0 Å². The Morgan fingerprint density at radius 2 is 2.24 bits per heavy atom. The van der Waals surface area contributed by atoms with Gasteiger partial charge in [0.2, 0.25) is 0 Å². The van der Waals surface area contributed by atoms with Gasteiger partial charge in [-0.3, -0.25) is 4.90 Å². The van der Waals surface area contributed by atoms with Crippen molar-refractivity contribution in [2.45, 2.75) is 32.9 Å². The first kappa shape index (κ1) is 11.9. The van der Waals surface area contributed by atoms with Crippen LogP contribution >= 0.6 is 11.3 Å². The molecule has 0 unspecified atom stereocenters. The van der Waals surface area contributed by atoms with Crippen molar-refractivity contribution in [3.8, 4) is 0 Å². The van der Waals surface area contributed by atoms with E-state index in [0.717, 1.165) is 10.4 Å². The first-order valence-corrected chi connectivity index (χ1v) is 6.12. The minimum Gasteiger partial charge on any atom is -0.443 e. The predicted octanol–water partition coefficient (Wildman–Crippen LogP) is 2.67. The molecule has 0 saturated heterocycles. The molecule has 17 heavy (non-hydrogen) atoms. The fourth-order valence-electron chi connectivity index (χ4n) is 1.61. The van der Waals surface area contributed by atoms with Gasteiger partial charge in [0.1, 0.15) is 11.3 Å². The fraction of sp³-hybridized carbons (Fsp3) is 0.417. The van der Waals surface area contributed by atoms with Gasteiger partial charge in [-0.1, -0.05) is 0 Å². The molecule has 2 rings (SSSR count). The molecule has 1 aliphatic heterocycles. The predicted molar refractivity (Wildman–Crippen MR) is 65.2 cm³/mol. The van der Waals surface area contributed by atoms with Gasteiger partial charge >= 0.3 is 6.09 Å². The number of amides is 1. The van der Waals surface area contributed by atoms with Crippen LogP contribution in [0.25, 0.3) is 5.70 Å². The number of carbonyl (C=O) groups excluding carboxylic acids is 2. The number of hydrogen-bond donors (Lipinski definition) is 0. The first-order chi connectivity index (χ1) is 7.92. The third kappa shape index (κ3) is 2.25. The van der Waals surface area contributed by atoms with Gasteiger partial charge in [0.15, 0.2) is 5.94 Å².